The lowest BCUT2D eigenvalue weighted by molar-refractivity contribution is -0.113. The Labute approximate surface area is 86.1 Å². The smallest absolute Gasteiger partial charge is 0.187 e. The molecule has 0 radical (unpaired) electrons. The minimum absolute atomic E-state index is 0.0439. The molecule has 72 valence electrons. The van der Waals surface area contributed by atoms with E-state index < -0.39 is 0 Å². The first kappa shape index (κ1) is 8.29. The molecule has 0 fully saturated rings. The molecule has 1 aromatic rings. The number of ketones is 1. The highest BCUT2D eigenvalue weighted by molar-refractivity contribution is 6.17. The van der Waals surface area contributed by atoms with Gasteiger partial charge in [0.15, 0.2) is 5.78 Å². The predicted molar refractivity (Wildman–Crippen MR) is 57.1 cm³/mol. The van der Waals surface area contributed by atoms with E-state index in [9.17, 15) is 4.79 Å². The van der Waals surface area contributed by atoms with Gasteiger partial charge < -0.3 is 0 Å². The van der Waals surface area contributed by atoms with E-state index in [1.165, 1.54) is 0 Å². The third-order valence-corrected chi connectivity index (χ3v) is 2.62. The normalized spacial score (nSPS) is 17.1. The fourth-order valence-corrected chi connectivity index (χ4v) is 1.92. The van der Waals surface area contributed by atoms with Crippen molar-refractivity contribution in [2.24, 2.45) is 10.2 Å². The van der Waals surface area contributed by atoms with Crippen LogP contribution in [0.4, 0.5) is 0 Å². The van der Waals surface area contributed by atoms with Gasteiger partial charge in [0, 0.05) is 11.6 Å². The summed E-state index contributed by atoms with van der Waals surface area (Å²) in [4.78, 5) is 11.7. The van der Waals surface area contributed by atoms with Gasteiger partial charge in [0.1, 0.15) is 5.70 Å². The highest BCUT2D eigenvalue weighted by atomic mass is 16.1. The molecule has 0 N–H and O–H groups in total. The molecule has 15 heavy (non-hydrogen) atoms. The first-order chi connectivity index (χ1) is 7.36. The van der Waals surface area contributed by atoms with Crippen molar-refractivity contribution in [3.63, 3.8) is 0 Å². The van der Waals surface area contributed by atoms with Crippen molar-refractivity contribution in [3.8, 4) is 0 Å². The number of rotatable bonds is 0. The van der Waals surface area contributed by atoms with Gasteiger partial charge in [0.05, 0.1) is 6.20 Å². The van der Waals surface area contributed by atoms with E-state index in [1.807, 2.05) is 30.4 Å². The Morgan fingerprint density at radius 1 is 1.27 bits per heavy atom. The van der Waals surface area contributed by atoms with Crippen molar-refractivity contribution >= 4 is 23.6 Å². The van der Waals surface area contributed by atoms with E-state index in [0.717, 1.165) is 16.0 Å². The summed E-state index contributed by atoms with van der Waals surface area (Å²) < 4.78 is 0. The van der Waals surface area contributed by atoms with Gasteiger partial charge in [-0.2, -0.15) is 5.11 Å². The zero-order valence-electron chi connectivity index (χ0n) is 7.97. The Bertz CT molecular complexity index is 624. The molecule has 2 aliphatic rings. The second-order valence-electron chi connectivity index (χ2n) is 3.52. The van der Waals surface area contributed by atoms with Gasteiger partial charge in [0.25, 0.3) is 0 Å². The lowest BCUT2D eigenvalue weighted by Gasteiger charge is -2.05. The molecule has 1 aliphatic carbocycles. The molecule has 0 spiro atoms. The van der Waals surface area contributed by atoms with E-state index in [-0.39, 0.29) is 5.78 Å². The summed E-state index contributed by atoms with van der Waals surface area (Å²) in [5, 5.41) is 9.80. The van der Waals surface area contributed by atoms with Crippen molar-refractivity contribution in [1.29, 1.82) is 0 Å². The summed E-state index contributed by atoms with van der Waals surface area (Å²) in [7, 11) is 0. The lowest BCUT2D eigenvalue weighted by atomic mass is 10.00. The zero-order valence-corrected chi connectivity index (χ0v) is 7.97. The molecule has 1 aromatic carbocycles. The molecule has 0 atom stereocenters. The standard InChI is InChI=1S/C12H8N2O/c15-10-5-4-8-2-1-3-9-6-7-13-14-12(10)11(8)9/h1-4,6-7H,5H2. The Balaban J connectivity index is 2.58. The van der Waals surface area contributed by atoms with Crippen LogP contribution in [0.2, 0.25) is 0 Å². The number of Topliss-reactive ketones (excluding diaryl/α,β-unsaturated/α-hetero) is 1. The Morgan fingerprint density at radius 3 is 3.13 bits per heavy atom. The topological polar surface area (TPSA) is 41.8 Å². The Morgan fingerprint density at radius 2 is 2.20 bits per heavy atom. The van der Waals surface area contributed by atoms with E-state index in [4.69, 9.17) is 0 Å². The van der Waals surface area contributed by atoms with E-state index in [1.54, 1.807) is 6.20 Å². The summed E-state index contributed by atoms with van der Waals surface area (Å²) >= 11 is 0. The molecule has 3 rings (SSSR count). The summed E-state index contributed by atoms with van der Waals surface area (Å²) in [6, 6.07) is 5.95. The number of carbonyl (C=O) groups excluding carboxylic acids is 1. The molecular weight excluding hydrogens is 188 g/mol. The van der Waals surface area contributed by atoms with Crippen LogP contribution in [0, 0.1) is 0 Å². The summed E-state index contributed by atoms with van der Waals surface area (Å²) in [6.45, 7) is 0. The van der Waals surface area contributed by atoms with Crippen molar-refractivity contribution < 1.29 is 4.79 Å². The molecule has 0 aromatic heterocycles. The fraction of sp³-hybridized carbons (Fsp3) is 0.0833. The van der Waals surface area contributed by atoms with Crippen molar-refractivity contribution in [2.75, 3.05) is 0 Å². The Hall–Kier alpha value is -2.03. The average molecular weight is 196 g/mol. The fourth-order valence-electron chi connectivity index (χ4n) is 1.92. The molecule has 0 amide bonds. The molecule has 1 heterocycles. The van der Waals surface area contributed by atoms with Gasteiger partial charge in [-0.05, 0) is 16.9 Å². The predicted octanol–water partition coefficient (Wildman–Crippen LogP) is 0.985. The number of carbonyl (C=O) groups is 1. The highest BCUT2D eigenvalue weighted by Gasteiger charge is 2.15. The number of benzene rings is 1. The van der Waals surface area contributed by atoms with Crippen LogP contribution >= 0.6 is 0 Å². The average Bonchev–Trinajstić information content (AvgIpc) is 2.48. The van der Waals surface area contributed by atoms with Crippen molar-refractivity contribution in [1.82, 2.24) is 0 Å². The number of hydrogen-bond donors (Lipinski definition) is 0. The molecular formula is C12H8N2O. The third-order valence-electron chi connectivity index (χ3n) is 2.62. The SMILES string of the molecule is O=C1CC=c2cccc3c2=C1N=NC=C3. The highest BCUT2D eigenvalue weighted by Crippen LogP contribution is 2.10. The minimum atomic E-state index is 0.0439. The number of hydrogen-bond acceptors (Lipinski definition) is 3. The van der Waals surface area contributed by atoms with Crippen LogP contribution in [0.25, 0.3) is 17.8 Å². The summed E-state index contributed by atoms with van der Waals surface area (Å²) in [5.74, 6) is 0.0439. The van der Waals surface area contributed by atoms with Gasteiger partial charge >= 0.3 is 0 Å². The monoisotopic (exact) mass is 196 g/mol. The molecule has 1 aliphatic heterocycles. The first-order valence-corrected chi connectivity index (χ1v) is 4.80. The second kappa shape index (κ2) is 2.98. The lowest BCUT2D eigenvalue weighted by Crippen LogP contribution is -2.34. The van der Waals surface area contributed by atoms with E-state index >= 15 is 0 Å². The van der Waals surface area contributed by atoms with Crippen LogP contribution in [0.1, 0.15) is 12.0 Å². The van der Waals surface area contributed by atoms with Crippen LogP contribution in [0.15, 0.2) is 34.6 Å². The third kappa shape index (κ3) is 1.16. The minimum Gasteiger partial charge on any atom is -0.292 e. The van der Waals surface area contributed by atoms with Gasteiger partial charge in [-0.25, -0.2) is 0 Å². The van der Waals surface area contributed by atoms with Crippen molar-refractivity contribution in [3.05, 3.63) is 40.4 Å². The van der Waals surface area contributed by atoms with Crippen LogP contribution in [-0.2, 0) is 4.79 Å². The summed E-state index contributed by atoms with van der Waals surface area (Å²) in [5.41, 5.74) is 1.50. The second-order valence-corrected chi connectivity index (χ2v) is 3.52. The first-order valence-electron chi connectivity index (χ1n) is 4.80. The zero-order chi connectivity index (χ0) is 10.3. The quantitative estimate of drug-likeness (QED) is 0.610. The number of nitrogens with zero attached hydrogens (tertiary/aromatic N) is 2. The van der Waals surface area contributed by atoms with Gasteiger partial charge in [0.2, 0.25) is 0 Å². The van der Waals surface area contributed by atoms with E-state index in [2.05, 4.69) is 10.2 Å². The van der Waals surface area contributed by atoms with Crippen LogP contribution in [0.3, 0.4) is 0 Å². The van der Waals surface area contributed by atoms with Gasteiger partial charge in [-0.3, -0.25) is 4.79 Å². The molecule has 0 bridgehead atoms. The van der Waals surface area contributed by atoms with Crippen molar-refractivity contribution in [2.45, 2.75) is 6.42 Å². The van der Waals surface area contributed by atoms with Crippen LogP contribution < -0.4 is 10.4 Å². The van der Waals surface area contributed by atoms with Gasteiger partial charge in [-0.15, -0.1) is 5.11 Å². The molecule has 0 saturated heterocycles. The van der Waals surface area contributed by atoms with Crippen LogP contribution in [-0.4, -0.2) is 5.78 Å². The number of azo groups is 1. The summed E-state index contributed by atoms with van der Waals surface area (Å²) in [6.07, 6.45) is 5.86. The molecule has 0 unspecified atom stereocenters. The maximum Gasteiger partial charge on any atom is 0.187 e. The van der Waals surface area contributed by atoms with Gasteiger partial charge in [-0.1, -0.05) is 24.3 Å². The maximum atomic E-state index is 11.7. The molecule has 3 nitrogen and oxygen atoms in total. The molecule has 0 saturated carbocycles. The van der Waals surface area contributed by atoms with E-state index in [0.29, 0.717) is 12.1 Å². The largest absolute Gasteiger partial charge is 0.292 e. The van der Waals surface area contributed by atoms with Crippen LogP contribution in [0.5, 0.6) is 0 Å². The Kier molecular flexibility index (Phi) is 1.65. The maximum absolute atomic E-state index is 11.7. The molecule has 3 heteroatoms.